The Morgan fingerprint density at radius 3 is 2.43 bits per heavy atom. The van der Waals surface area contributed by atoms with Crippen molar-refractivity contribution in [2.75, 3.05) is 6.61 Å². The topological polar surface area (TPSA) is 35.5 Å². The molecule has 0 radical (unpaired) electrons. The van der Waals surface area contributed by atoms with Crippen LogP contribution in [0.25, 0.3) is 0 Å². The highest BCUT2D eigenvalue weighted by Crippen LogP contribution is 2.06. The Bertz CT molecular complexity index is 185. The molecule has 0 bridgehead atoms. The number of carbonyl (C=O) groups is 1. The molecule has 0 N–H and O–H groups in total. The van der Waals surface area contributed by atoms with Crippen molar-refractivity contribution >= 4 is 6.16 Å². The summed E-state index contributed by atoms with van der Waals surface area (Å²) in [5.41, 5.74) is 0. The third-order valence-electron chi connectivity index (χ3n) is 1.92. The van der Waals surface area contributed by atoms with Crippen molar-refractivity contribution < 1.29 is 14.3 Å². The van der Waals surface area contributed by atoms with Crippen LogP contribution >= 0.6 is 0 Å². The minimum atomic E-state index is -0.591. The number of hydrogen-bond acceptors (Lipinski definition) is 3. The zero-order valence-electron chi connectivity index (χ0n) is 9.45. The molecule has 0 aromatic heterocycles. The van der Waals surface area contributed by atoms with Gasteiger partial charge in [-0.15, -0.1) is 0 Å². The summed E-state index contributed by atoms with van der Waals surface area (Å²) < 4.78 is 9.81. The third kappa shape index (κ3) is 6.52. The van der Waals surface area contributed by atoms with Crippen molar-refractivity contribution in [2.24, 2.45) is 5.92 Å². The maximum Gasteiger partial charge on any atom is 0.508 e. The molecule has 0 rings (SSSR count). The van der Waals surface area contributed by atoms with Gasteiger partial charge in [0, 0.05) is 0 Å². The Balaban J connectivity index is 3.60. The molecule has 0 aliphatic rings. The normalized spacial score (nSPS) is 13.2. The number of hydrogen-bond donors (Lipinski definition) is 0. The van der Waals surface area contributed by atoms with E-state index in [-0.39, 0.29) is 12.7 Å². The number of allylic oxidation sites excluding steroid dienone is 1. The summed E-state index contributed by atoms with van der Waals surface area (Å²) in [7, 11) is 0. The lowest BCUT2D eigenvalue weighted by atomic mass is 10.1. The first-order valence-corrected chi connectivity index (χ1v) is 5.06. The predicted molar refractivity (Wildman–Crippen MR) is 56.2 cm³/mol. The average Bonchev–Trinajstić information content (AvgIpc) is 2.12. The van der Waals surface area contributed by atoms with Crippen LogP contribution in [0.1, 0.15) is 34.1 Å². The molecule has 3 nitrogen and oxygen atoms in total. The molecule has 0 aliphatic carbocycles. The standard InChI is InChI=1S/C11H20O3/c1-5-6-7-8-13-11(12)14-10(4)9(2)3/h6-7,9-10H,5,8H2,1-4H3/b7-6-. The molecule has 0 amide bonds. The molecular formula is C11H20O3. The van der Waals surface area contributed by atoms with Crippen molar-refractivity contribution in [2.45, 2.75) is 40.2 Å². The summed E-state index contributed by atoms with van der Waals surface area (Å²) in [6.07, 6.45) is 4.01. The molecule has 0 aliphatic heterocycles. The van der Waals surface area contributed by atoms with E-state index in [4.69, 9.17) is 9.47 Å². The predicted octanol–water partition coefficient (Wildman–Crippen LogP) is 3.15. The lowest BCUT2D eigenvalue weighted by Crippen LogP contribution is -2.20. The van der Waals surface area contributed by atoms with E-state index in [9.17, 15) is 4.79 Å². The van der Waals surface area contributed by atoms with Crippen molar-refractivity contribution in [3.8, 4) is 0 Å². The SMILES string of the molecule is CC/C=C\COC(=O)OC(C)C(C)C. The first kappa shape index (κ1) is 13.0. The highest BCUT2D eigenvalue weighted by Gasteiger charge is 2.12. The first-order chi connectivity index (χ1) is 6.57. The summed E-state index contributed by atoms with van der Waals surface area (Å²) in [6.45, 7) is 8.16. The van der Waals surface area contributed by atoms with Crippen LogP contribution in [-0.4, -0.2) is 18.9 Å². The van der Waals surface area contributed by atoms with E-state index in [0.29, 0.717) is 5.92 Å². The fourth-order valence-corrected chi connectivity index (χ4v) is 0.673. The zero-order chi connectivity index (χ0) is 11.0. The van der Waals surface area contributed by atoms with Crippen LogP contribution in [0, 0.1) is 5.92 Å². The second-order valence-corrected chi connectivity index (χ2v) is 3.51. The van der Waals surface area contributed by atoms with Crippen LogP contribution in [0.5, 0.6) is 0 Å². The van der Waals surface area contributed by atoms with Gasteiger partial charge in [-0.2, -0.15) is 0 Å². The quantitative estimate of drug-likeness (QED) is 0.505. The zero-order valence-corrected chi connectivity index (χ0v) is 9.45. The van der Waals surface area contributed by atoms with Gasteiger partial charge >= 0.3 is 6.16 Å². The summed E-state index contributed by atoms with van der Waals surface area (Å²) in [5, 5.41) is 0. The minimum absolute atomic E-state index is 0.0994. The van der Waals surface area contributed by atoms with Crippen molar-refractivity contribution in [3.05, 3.63) is 12.2 Å². The molecule has 14 heavy (non-hydrogen) atoms. The maximum atomic E-state index is 11.0. The van der Waals surface area contributed by atoms with Gasteiger partial charge in [-0.1, -0.05) is 32.9 Å². The molecule has 0 aromatic rings. The van der Waals surface area contributed by atoms with Gasteiger partial charge in [0.1, 0.15) is 12.7 Å². The van der Waals surface area contributed by atoms with Crippen LogP contribution < -0.4 is 0 Å². The molecule has 0 saturated heterocycles. The molecule has 82 valence electrons. The van der Waals surface area contributed by atoms with Crippen LogP contribution in [0.2, 0.25) is 0 Å². The van der Waals surface area contributed by atoms with Crippen LogP contribution in [0.3, 0.4) is 0 Å². The molecule has 0 saturated carbocycles. The Morgan fingerprint density at radius 2 is 1.93 bits per heavy atom. The first-order valence-electron chi connectivity index (χ1n) is 5.06. The summed E-state index contributed by atoms with van der Waals surface area (Å²) >= 11 is 0. The molecule has 1 atom stereocenters. The fraction of sp³-hybridized carbons (Fsp3) is 0.727. The molecule has 0 aromatic carbocycles. The van der Waals surface area contributed by atoms with Gasteiger partial charge in [0.05, 0.1) is 0 Å². The van der Waals surface area contributed by atoms with E-state index in [1.807, 2.05) is 33.8 Å². The van der Waals surface area contributed by atoms with E-state index in [2.05, 4.69) is 0 Å². The second-order valence-electron chi connectivity index (χ2n) is 3.51. The van der Waals surface area contributed by atoms with E-state index in [0.717, 1.165) is 6.42 Å². The van der Waals surface area contributed by atoms with Crippen molar-refractivity contribution in [1.29, 1.82) is 0 Å². The highest BCUT2D eigenvalue weighted by molar-refractivity contribution is 5.60. The van der Waals surface area contributed by atoms with Crippen LogP contribution in [-0.2, 0) is 9.47 Å². The Kier molecular flexibility index (Phi) is 6.89. The summed E-state index contributed by atoms with van der Waals surface area (Å²) in [5.74, 6) is 0.314. The van der Waals surface area contributed by atoms with E-state index in [1.165, 1.54) is 0 Å². The molecule has 0 spiro atoms. The van der Waals surface area contributed by atoms with E-state index < -0.39 is 6.16 Å². The van der Waals surface area contributed by atoms with E-state index >= 15 is 0 Å². The molecular weight excluding hydrogens is 180 g/mol. The van der Waals surface area contributed by atoms with Gasteiger partial charge < -0.3 is 9.47 Å². The molecule has 1 unspecified atom stereocenters. The van der Waals surface area contributed by atoms with E-state index in [1.54, 1.807) is 6.08 Å². The van der Waals surface area contributed by atoms with Gasteiger partial charge in [-0.3, -0.25) is 0 Å². The minimum Gasteiger partial charge on any atom is -0.431 e. The Hall–Kier alpha value is -0.990. The van der Waals surface area contributed by atoms with Gasteiger partial charge in [-0.05, 0) is 19.3 Å². The Labute approximate surface area is 86.1 Å². The van der Waals surface area contributed by atoms with Crippen molar-refractivity contribution in [1.82, 2.24) is 0 Å². The maximum absolute atomic E-state index is 11.0. The van der Waals surface area contributed by atoms with Crippen LogP contribution in [0.15, 0.2) is 12.2 Å². The fourth-order valence-electron chi connectivity index (χ4n) is 0.673. The van der Waals surface area contributed by atoms with Gasteiger partial charge in [-0.25, -0.2) is 4.79 Å². The molecule has 0 heterocycles. The van der Waals surface area contributed by atoms with Gasteiger partial charge in [0.2, 0.25) is 0 Å². The van der Waals surface area contributed by atoms with Gasteiger partial charge in [0.15, 0.2) is 0 Å². The summed E-state index contributed by atoms with van der Waals surface area (Å²) in [6, 6.07) is 0. The number of ether oxygens (including phenoxy) is 2. The lowest BCUT2D eigenvalue weighted by Gasteiger charge is -2.15. The average molecular weight is 200 g/mol. The van der Waals surface area contributed by atoms with Crippen molar-refractivity contribution in [3.63, 3.8) is 0 Å². The Morgan fingerprint density at radius 1 is 1.29 bits per heavy atom. The largest absolute Gasteiger partial charge is 0.508 e. The number of rotatable bonds is 5. The number of carbonyl (C=O) groups excluding carboxylic acids is 1. The highest BCUT2D eigenvalue weighted by atomic mass is 16.7. The van der Waals surface area contributed by atoms with Gasteiger partial charge in [0.25, 0.3) is 0 Å². The van der Waals surface area contributed by atoms with Crippen LogP contribution in [0.4, 0.5) is 4.79 Å². The smallest absolute Gasteiger partial charge is 0.431 e. The molecule has 0 fully saturated rings. The summed E-state index contributed by atoms with van der Waals surface area (Å²) in [4.78, 5) is 11.0. The lowest BCUT2D eigenvalue weighted by molar-refractivity contribution is 0.0203. The molecule has 3 heteroatoms. The monoisotopic (exact) mass is 200 g/mol. The second kappa shape index (κ2) is 7.42. The third-order valence-corrected chi connectivity index (χ3v) is 1.92.